The van der Waals surface area contributed by atoms with Crippen molar-refractivity contribution in [3.05, 3.63) is 23.8 Å². The van der Waals surface area contributed by atoms with E-state index in [0.29, 0.717) is 22.7 Å². The van der Waals surface area contributed by atoms with Gasteiger partial charge in [-0.3, -0.25) is 0 Å². The lowest BCUT2D eigenvalue weighted by Gasteiger charge is -2.16. The van der Waals surface area contributed by atoms with Crippen LogP contribution < -0.4 is 5.73 Å². The molecule has 0 atom stereocenters. The second-order valence-electron chi connectivity index (χ2n) is 3.44. The summed E-state index contributed by atoms with van der Waals surface area (Å²) < 4.78 is 25.3. The van der Waals surface area contributed by atoms with Crippen LogP contribution in [0.4, 0.5) is 5.69 Å². The molecule has 1 rings (SSSR count). The van der Waals surface area contributed by atoms with Gasteiger partial charge in [-0.15, -0.1) is 0 Å². The highest BCUT2D eigenvalue weighted by atomic mass is 32.2. The molecule has 84 valence electrons. The van der Waals surface area contributed by atoms with Gasteiger partial charge in [0.25, 0.3) is 0 Å². The standard InChI is InChI=1S/C10H16N2O2S/c1-4-12(3)15(13,14)10-6-5-9(11)7-8(10)2/h5-7H,4,11H2,1-3H3. The molecule has 0 heterocycles. The van der Waals surface area contributed by atoms with Crippen LogP contribution in [-0.2, 0) is 10.0 Å². The second-order valence-corrected chi connectivity index (χ2v) is 5.46. The van der Waals surface area contributed by atoms with Crippen LogP contribution in [0.2, 0.25) is 0 Å². The molecule has 2 N–H and O–H groups in total. The number of aryl methyl sites for hydroxylation is 1. The van der Waals surface area contributed by atoms with E-state index in [-0.39, 0.29) is 0 Å². The highest BCUT2D eigenvalue weighted by Crippen LogP contribution is 2.20. The first-order valence-electron chi connectivity index (χ1n) is 4.72. The van der Waals surface area contributed by atoms with Crippen LogP contribution in [0.25, 0.3) is 0 Å². The van der Waals surface area contributed by atoms with Crippen LogP contribution in [-0.4, -0.2) is 26.3 Å². The van der Waals surface area contributed by atoms with Gasteiger partial charge in [-0.2, -0.15) is 0 Å². The minimum Gasteiger partial charge on any atom is -0.399 e. The summed E-state index contributed by atoms with van der Waals surface area (Å²) in [6.07, 6.45) is 0. The summed E-state index contributed by atoms with van der Waals surface area (Å²) in [5.74, 6) is 0. The number of nitrogens with zero attached hydrogens (tertiary/aromatic N) is 1. The fourth-order valence-electron chi connectivity index (χ4n) is 1.30. The van der Waals surface area contributed by atoms with Crippen molar-refractivity contribution < 1.29 is 8.42 Å². The zero-order chi connectivity index (χ0) is 11.6. The number of hydrogen-bond donors (Lipinski definition) is 1. The van der Waals surface area contributed by atoms with Crippen molar-refractivity contribution in [3.63, 3.8) is 0 Å². The predicted octanol–water partition coefficient (Wildman–Crippen LogP) is 1.22. The van der Waals surface area contributed by atoms with Crippen molar-refractivity contribution in [2.75, 3.05) is 19.3 Å². The molecular formula is C10H16N2O2S. The van der Waals surface area contributed by atoms with Gasteiger partial charge >= 0.3 is 0 Å². The van der Waals surface area contributed by atoms with E-state index >= 15 is 0 Å². The van der Waals surface area contributed by atoms with Crippen molar-refractivity contribution in [2.45, 2.75) is 18.7 Å². The Bertz CT molecular complexity index is 454. The van der Waals surface area contributed by atoms with Crippen molar-refractivity contribution in [1.29, 1.82) is 0 Å². The molecule has 0 aliphatic heterocycles. The summed E-state index contributed by atoms with van der Waals surface area (Å²) in [5.41, 5.74) is 6.82. The summed E-state index contributed by atoms with van der Waals surface area (Å²) in [6.45, 7) is 3.99. The van der Waals surface area contributed by atoms with Crippen LogP contribution in [0.15, 0.2) is 23.1 Å². The largest absolute Gasteiger partial charge is 0.399 e. The Hall–Kier alpha value is -1.07. The topological polar surface area (TPSA) is 63.4 Å². The lowest BCUT2D eigenvalue weighted by atomic mass is 10.2. The molecule has 0 aliphatic rings. The average molecular weight is 228 g/mol. The summed E-state index contributed by atoms with van der Waals surface area (Å²) in [5, 5.41) is 0. The SMILES string of the molecule is CCN(C)S(=O)(=O)c1ccc(N)cc1C. The number of benzene rings is 1. The summed E-state index contributed by atoms with van der Waals surface area (Å²) in [6, 6.07) is 4.81. The van der Waals surface area contributed by atoms with Gasteiger partial charge in [0.1, 0.15) is 0 Å². The number of nitrogen functional groups attached to an aromatic ring is 1. The fraction of sp³-hybridized carbons (Fsp3) is 0.400. The molecule has 15 heavy (non-hydrogen) atoms. The molecular weight excluding hydrogens is 212 g/mol. The third kappa shape index (κ3) is 2.30. The van der Waals surface area contributed by atoms with Crippen molar-refractivity contribution in [3.8, 4) is 0 Å². The minimum absolute atomic E-state index is 0.320. The predicted molar refractivity (Wildman–Crippen MR) is 61.1 cm³/mol. The Labute approximate surface area is 90.8 Å². The van der Waals surface area contributed by atoms with Crippen LogP contribution >= 0.6 is 0 Å². The van der Waals surface area contributed by atoms with Crippen molar-refractivity contribution in [1.82, 2.24) is 4.31 Å². The molecule has 0 amide bonds. The highest BCUT2D eigenvalue weighted by Gasteiger charge is 2.20. The molecule has 0 fully saturated rings. The van der Waals surface area contributed by atoms with E-state index in [2.05, 4.69) is 0 Å². The van der Waals surface area contributed by atoms with E-state index in [0.717, 1.165) is 0 Å². The number of sulfonamides is 1. The summed E-state index contributed by atoms with van der Waals surface area (Å²) in [4.78, 5) is 0.320. The molecule has 0 spiro atoms. The number of hydrogen-bond acceptors (Lipinski definition) is 3. The molecule has 1 aromatic carbocycles. The molecule has 0 bridgehead atoms. The maximum Gasteiger partial charge on any atom is 0.243 e. The molecule has 0 unspecified atom stereocenters. The highest BCUT2D eigenvalue weighted by molar-refractivity contribution is 7.89. The van der Waals surface area contributed by atoms with Crippen LogP contribution in [0.1, 0.15) is 12.5 Å². The van der Waals surface area contributed by atoms with Crippen LogP contribution in [0.3, 0.4) is 0 Å². The maximum atomic E-state index is 12.0. The fourth-order valence-corrected chi connectivity index (χ4v) is 2.68. The van der Waals surface area contributed by atoms with E-state index in [9.17, 15) is 8.42 Å². The molecule has 0 aromatic heterocycles. The van der Waals surface area contributed by atoms with Crippen LogP contribution in [0.5, 0.6) is 0 Å². The van der Waals surface area contributed by atoms with Gasteiger partial charge < -0.3 is 5.73 Å². The Morgan fingerprint density at radius 3 is 2.47 bits per heavy atom. The van der Waals surface area contributed by atoms with Crippen LogP contribution in [0, 0.1) is 6.92 Å². The van der Waals surface area contributed by atoms with Gasteiger partial charge in [0.2, 0.25) is 10.0 Å². The van der Waals surface area contributed by atoms with E-state index in [1.807, 2.05) is 0 Å². The normalized spacial score (nSPS) is 12.0. The zero-order valence-corrected chi connectivity index (χ0v) is 10.0. The quantitative estimate of drug-likeness (QED) is 0.791. The molecule has 0 aliphatic carbocycles. The Morgan fingerprint density at radius 1 is 1.40 bits per heavy atom. The zero-order valence-electron chi connectivity index (χ0n) is 9.19. The molecule has 5 heteroatoms. The third-order valence-electron chi connectivity index (χ3n) is 2.33. The molecule has 1 aromatic rings. The van der Waals surface area contributed by atoms with E-state index < -0.39 is 10.0 Å². The number of anilines is 1. The monoisotopic (exact) mass is 228 g/mol. The molecule has 0 radical (unpaired) electrons. The Morgan fingerprint density at radius 2 is 2.00 bits per heavy atom. The van der Waals surface area contributed by atoms with Gasteiger partial charge in [0.05, 0.1) is 4.90 Å². The second kappa shape index (κ2) is 4.20. The van der Waals surface area contributed by atoms with E-state index in [1.54, 1.807) is 39.1 Å². The lowest BCUT2D eigenvalue weighted by molar-refractivity contribution is 0.486. The molecule has 0 saturated carbocycles. The first kappa shape index (κ1) is 12.0. The van der Waals surface area contributed by atoms with Crippen molar-refractivity contribution >= 4 is 15.7 Å². The smallest absolute Gasteiger partial charge is 0.243 e. The van der Waals surface area contributed by atoms with Gasteiger partial charge in [0.15, 0.2) is 0 Å². The first-order chi connectivity index (χ1) is 6.89. The van der Waals surface area contributed by atoms with Gasteiger partial charge in [-0.05, 0) is 30.7 Å². The minimum atomic E-state index is -3.36. The Kier molecular flexibility index (Phi) is 3.36. The Balaban J connectivity index is 3.28. The lowest BCUT2D eigenvalue weighted by Crippen LogP contribution is -2.27. The number of nitrogens with two attached hydrogens (primary N) is 1. The molecule has 4 nitrogen and oxygen atoms in total. The molecule has 0 saturated heterocycles. The van der Waals surface area contributed by atoms with Gasteiger partial charge in [0, 0.05) is 19.3 Å². The van der Waals surface area contributed by atoms with E-state index in [4.69, 9.17) is 5.73 Å². The van der Waals surface area contributed by atoms with Gasteiger partial charge in [-0.1, -0.05) is 6.92 Å². The maximum absolute atomic E-state index is 12.0. The summed E-state index contributed by atoms with van der Waals surface area (Å²) in [7, 11) is -1.80. The van der Waals surface area contributed by atoms with E-state index in [1.165, 1.54) is 4.31 Å². The number of rotatable bonds is 3. The average Bonchev–Trinajstić information content (AvgIpc) is 2.15. The summed E-state index contributed by atoms with van der Waals surface area (Å²) >= 11 is 0. The van der Waals surface area contributed by atoms with Gasteiger partial charge in [-0.25, -0.2) is 12.7 Å². The third-order valence-corrected chi connectivity index (χ3v) is 4.43. The van der Waals surface area contributed by atoms with Crippen molar-refractivity contribution in [2.24, 2.45) is 0 Å². The first-order valence-corrected chi connectivity index (χ1v) is 6.16.